The third kappa shape index (κ3) is 9.46. The van der Waals surface area contributed by atoms with Crippen LogP contribution in [0.15, 0.2) is 24.3 Å². The Bertz CT molecular complexity index is 434. The fourth-order valence-corrected chi connectivity index (χ4v) is 1.16. The van der Waals surface area contributed by atoms with Crippen LogP contribution in [0.4, 0.5) is 0 Å². The maximum atomic E-state index is 10.2. The summed E-state index contributed by atoms with van der Waals surface area (Å²) in [5.41, 5.74) is 0.179. The Hall–Kier alpha value is -2.57. The van der Waals surface area contributed by atoms with Gasteiger partial charge < -0.3 is 20.4 Å². The van der Waals surface area contributed by atoms with Crippen molar-refractivity contribution in [3.05, 3.63) is 29.8 Å². The second kappa shape index (κ2) is 9.37. The highest BCUT2D eigenvalue weighted by molar-refractivity contribution is 5.87. The van der Waals surface area contributed by atoms with E-state index in [-0.39, 0.29) is 24.2 Å². The van der Waals surface area contributed by atoms with Gasteiger partial charge in [-0.15, -0.1) is 0 Å². The molecule has 1 aromatic rings. The van der Waals surface area contributed by atoms with Gasteiger partial charge >= 0.3 is 17.9 Å². The predicted molar refractivity (Wildman–Crippen MR) is 68.8 cm³/mol. The Morgan fingerprint density at radius 1 is 0.800 bits per heavy atom. The summed E-state index contributed by atoms with van der Waals surface area (Å²) in [5.74, 6) is -2.65. The zero-order valence-electron chi connectivity index (χ0n) is 10.7. The van der Waals surface area contributed by atoms with Crippen LogP contribution in [0.5, 0.6) is 5.75 Å². The molecule has 0 aromatic heterocycles. The summed E-state index contributed by atoms with van der Waals surface area (Å²) in [5, 5.41) is 33.4. The molecule has 0 unspecified atom stereocenters. The molecule has 20 heavy (non-hydrogen) atoms. The van der Waals surface area contributed by atoms with Gasteiger partial charge in [-0.1, -0.05) is 0 Å². The third-order valence-electron chi connectivity index (χ3n) is 2.15. The van der Waals surface area contributed by atoms with Gasteiger partial charge in [0.05, 0.1) is 5.56 Å². The van der Waals surface area contributed by atoms with Crippen molar-refractivity contribution in [1.82, 2.24) is 0 Å². The van der Waals surface area contributed by atoms with Crippen molar-refractivity contribution in [2.45, 2.75) is 25.7 Å². The molecular weight excluding hydrogens is 268 g/mol. The average Bonchev–Trinajstić information content (AvgIpc) is 2.35. The Balaban J connectivity index is 0.000000361. The minimum Gasteiger partial charge on any atom is -0.508 e. The molecule has 1 aromatic carbocycles. The molecule has 0 saturated carbocycles. The van der Waals surface area contributed by atoms with Gasteiger partial charge in [0, 0.05) is 12.8 Å². The highest BCUT2D eigenvalue weighted by Crippen LogP contribution is 2.08. The molecule has 0 aliphatic carbocycles. The third-order valence-corrected chi connectivity index (χ3v) is 2.15. The number of aliphatic carboxylic acids is 2. The first kappa shape index (κ1) is 17.4. The standard InChI is InChI=1S/C7H6O3.C6H10O4/c8-6-3-1-5(2-4-6)7(9)10;7-5(8)3-1-2-4-6(9)10/h1-4,8H,(H,9,10);1-4H2,(H,7,8)(H,9,10). The topological polar surface area (TPSA) is 132 Å². The second-order valence-electron chi connectivity index (χ2n) is 3.85. The molecule has 0 fully saturated rings. The Kier molecular flexibility index (Phi) is 8.17. The van der Waals surface area contributed by atoms with E-state index in [1.54, 1.807) is 0 Å². The number of carboxylic acid groups (broad SMARTS) is 3. The smallest absolute Gasteiger partial charge is 0.335 e. The van der Waals surface area contributed by atoms with Crippen molar-refractivity contribution in [1.29, 1.82) is 0 Å². The van der Waals surface area contributed by atoms with Crippen LogP contribution in [0.1, 0.15) is 36.0 Å². The molecule has 0 radical (unpaired) electrons. The highest BCUT2D eigenvalue weighted by Gasteiger charge is 2.00. The number of rotatable bonds is 6. The van der Waals surface area contributed by atoms with E-state index in [1.165, 1.54) is 24.3 Å². The van der Waals surface area contributed by atoms with E-state index in [0.29, 0.717) is 12.8 Å². The summed E-state index contributed by atoms with van der Waals surface area (Å²) in [6, 6.07) is 5.36. The van der Waals surface area contributed by atoms with Crippen molar-refractivity contribution < 1.29 is 34.8 Å². The van der Waals surface area contributed by atoms with Crippen molar-refractivity contribution in [2.24, 2.45) is 0 Å². The van der Waals surface area contributed by atoms with Crippen LogP contribution >= 0.6 is 0 Å². The zero-order chi connectivity index (χ0) is 15.5. The molecule has 0 heterocycles. The van der Waals surface area contributed by atoms with Gasteiger partial charge in [0.1, 0.15) is 5.75 Å². The van der Waals surface area contributed by atoms with Gasteiger partial charge in [-0.2, -0.15) is 0 Å². The number of aromatic carboxylic acids is 1. The number of carboxylic acids is 3. The van der Waals surface area contributed by atoms with Gasteiger partial charge in [0.25, 0.3) is 0 Å². The molecule has 0 saturated heterocycles. The van der Waals surface area contributed by atoms with Crippen LogP contribution in [0, 0.1) is 0 Å². The Labute approximate surface area is 115 Å². The van der Waals surface area contributed by atoms with Crippen LogP contribution < -0.4 is 0 Å². The molecule has 0 atom stereocenters. The molecule has 4 N–H and O–H groups in total. The van der Waals surface area contributed by atoms with Crippen LogP contribution in [0.25, 0.3) is 0 Å². The fourth-order valence-electron chi connectivity index (χ4n) is 1.16. The number of carbonyl (C=O) groups is 3. The lowest BCUT2D eigenvalue weighted by Crippen LogP contribution is -1.97. The summed E-state index contributed by atoms with van der Waals surface area (Å²) in [6.45, 7) is 0. The number of unbranched alkanes of at least 4 members (excludes halogenated alkanes) is 1. The largest absolute Gasteiger partial charge is 0.508 e. The van der Waals surface area contributed by atoms with Crippen LogP contribution in [-0.2, 0) is 9.59 Å². The number of hydrogen-bond acceptors (Lipinski definition) is 4. The molecular formula is C13H16O7. The summed E-state index contributed by atoms with van der Waals surface area (Å²) in [4.78, 5) is 30.0. The average molecular weight is 284 g/mol. The molecule has 110 valence electrons. The van der Waals surface area contributed by atoms with E-state index in [0.717, 1.165) is 0 Å². The van der Waals surface area contributed by atoms with Crippen molar-refractivity contribution >= 4 is 17.9 Å². The van der Waals surface area contributed by atoms with Gasteiger partial charge in [-0.25, -0.2) is 4.79 Å². The van der Waals surface area contributed by atoms with Crippen LogP contribution in [-0.4, -0.2) is 38.3 Å². The van der Waals surface area contributed by atoms with Gasteiger partial charge in [0.15, 0.2) is 0 Å². The summed E-state index contributed by atoms with van der Waals surface area (Å²) in [7, 11) is 0. The lowest BCUT2D eigenvalue weighted by molar-refractivity contribution is -0.139. The fraction of sp³-hybridized carbons (Fsp3) is 0.308. The highest BCUT2D eigenvalue weighted by atomic mass is 16.4. The van der Waals surface area contributed by atoms with E-state index >= 15 is 0 Å². The van der Waals surface area contributed by atoms with E-state index in [1.807, 2.05) is 0 Å². The normalized spacial score (nSPS) is 9.20. The van der Waals surface area contributed by atoms with Crippen LogP contribution in [0.2, 0.25) is 0 Å². The first-order chi connectivity index (χ1) is 9.32. The van der Waals surface area contributed by atoms with Crippen molar-refractivity contribution in [2.75, 3.05) is 0 Å². The van der Waals surface area contributed by atoms with Gasteiger partial charge in [0.2, 0.25) is 0 Å². The number of phenols is 1. The van der Waals surface area contributed by atoms with E-state index in [9.17, 15) is 14.4 Å². The molecule has 0 spiro atoms. The SMILES string of the molecule is O=C(O)CCCCC(=O)O.O=C(O)c1ccc(O)cc1. The van der Waals surface area contributed by atoms with Gasteiger partial charge in [-0.05, 0) is 37.1 Å². The van der Waals surface area contributed by atoms with E-state index in [4.69, 9.17) is 20.4 Å². The molecule has 0 amide bonds. The number of hydrogen-bond donors (Lipinski definition) is 4. The minimum atomic E-state index is -0.986. The van der Waals surface area contributed by atoms with Crippen molar-refractivity contribution in [3.63, 3.8) is 0 Å². The van der Waals surface area contributed by atoms with Gasteiger partial charge in [-0.3, -0.25) is 9.59 Å². The molecule has 1 rings (SSSR count). The summed E-state index contributed by atoms with van der Waals surface area (Å²) in [6.07, 6.45) is 1.02. The number of aromatic hydroxyl groups is 1. The van der Waals surface area contributed by atoms with Crippen LogP contribution in [0.3, 0.4) is 0 Å². The van der Waals surface area contributed by atoms with Crippen molar-refractivity contribution in [3.8, 4) is 5.75 Å². The molecule has 0 aliphatic heterocycles. The molecule has 7 nitrogen and oxygen atoms in total. The Morgan fingerprint density at radius 3 is 1.50 bits per heavy atom. The number of phenolic OH excluding ortho intramolecular Hbond substituents is 1. The maximum Gasteiger partial charge on any atom is 0.335 e. The maximum absolute atomic E-state index is 10.2. The quantitative estimate of drug-likeness (QED) is 0.585. The molecule has 0 bridgehead atoms. The minimum absolute atomic E-state index is 0.0628. The second-order valence-corrected chi connectivity index (χ2v) is 3.85. The predicted octanol–water partition coefficient (Wildman–Crippen LogP) is 1.81. The first-order valence-electron chi connectivity index (χ1n) is 5.79. The lowest BCUT2D eigenvalue weighted by atomic mass is 10.2. The Morgan fingerprint density at radius 2 is 1.20 bits per heavy atom. The summed E-state index contributed by atoms with van der Waals surface area (Å²) >= 11 is 0. The molecule has 7 heteroatoms. The summed E-state index contributed by atoms with van der Waals surface area (Å²) < 4.78 is 0. The number of benzene rings is 1. The lowest BCUT2D eigenvalue weighted by Gasteiger charge is -1.92. The van der Waals surface area contributed by atoms with E-state index < -0.39 is 17.9 Å². The first-order valence-corrected chi connectivity index (χ1v) is 5.79. The molecule has 0 aliphatic rings. The monoisotopic (exact) mass is 284 g/mol. The van der Waals surface area contributed by atoms with E-state index in [2.05, 4.69) is 0 Å². The zero-order valence-corrected chi connectivity index (χ0v) is 10.7.